The third-order valence-corrected chi connectivity index (χ3v) is 4.80. The summed E-state index contributed by atoms with van der Waals surface area (Å²) in [6, 6.07) is 10.00. The zero-order valence-electron chi connectivity index (χ0n) is 11.4. The molecule has 0 saturated heterocycles. The van der Waals surface area contributed by atoms with Gasteiger partial charge < -0.3 is 11.5 Å². The van der Waals surface area contributed by atoms with Gasteiger partial charge in [-0.25, -0.2) is 0 Å². The van der Waals surface area contributed by atoms with E-state index in [4.69, 9.17) is 23.1 Å². The SMILES string of the molecule is Cc1cc(C(N)=O)ccc1CS(=O)c1ccc(Cl)cc1N. The maximum Gasteiger partial charge on any atom is 0.248 e. The lowest BCUT2D eigenvalue weighted by molar-refractivity contribution is 0.1000. The van der Waals surface area contributed by atoms with E-state index < -0.39 is 16.7 Å². The monoisotopic (exact) mass is 322 g/mol. The fraction of sp³-hybridized carbons (Fsp3) is 0.133. The smallest absolute Gasteiger partial charge is 0.248 e. The molecule has 0 aliphatic rings. The van der Waals surface area contributed by atoms with Crippen molar-refractivity contribution in [1.82, 2.24) is 0 Å². The summed E-state index contributed by atoms with van der Waals surface area (Å²) in [6.45, 7) is 1.85. The second-order valence-electron chi connectivity index (χ2n) is 4.68. The highest BCUT2D eigenvalue weighted by molar-refractivity contribution is 7.84. The number of primary amides is 1. The standard InChI is InChI=1S/C15H15ClN2O2S/c1-9-6-10(15(18)19)2-3-11(9)8-21(20)14-5-4-12(16)7-13(14)17/h2-7H,8,17H2,1H3,(H2,18,19). The van der Waals surface area contributed by atoms with Crippen molar-refractivity contribution in [2.75, 3.05) is 5.73 Å². The Morgan fingerprint density at radius 1 is 1.24 bits per heavy atom. The first-order valence-electron chi connectivity index (χ1n) is 6.21. The molecule has 6 heteroatoms. The average molecular weight is 323 g/mol. The minimum absolute atomic E-state index is 0.316. The summed E-state index contributed by atoms with van der Waals surface area (Å²) in [4.78, 5) is 11.7. The number of aryl methyl sites for hydroxylation is 1. The Morgan fingerprint density at radius 2 is 1.95 bits per heavy atom. The fourth-order valence-corrected chi connectivity index (χ4v) is 3.44. The number of benzene rings is 2. The molecule has 1 atom stereocenters. The van der Waals surface area contributed by atoms with Gasteiger partial charge in [0.05, 0.1) is 21.4 Å². The number of amides is 1. The lowest BCUT2D eigenvalue weighted by Crippen LogP contribution is -2.11. The van der Waals surface area contributed by atoms with Crippen LogP contribution in [0.1, 0.15) is 21.5 Å². The van der Waals surface area contributed by atoms with E-state index in [1.54, 1.807) is 36.4 Å². The lowest BCUT2D eigenvalue weighted by atomic mass is 10.1. The van der Waals surface area contributed by atoms with Gasteiger partial charge in [-0.15, -0.1) is 0 Å². The van der Waals surface area contributed by atoms with Crippen LogP contribution in [0.2, 0.25) is 5.02 Å². The van der Waals surface area contributed by atoms with Gasteiger partial charge in [-0.1, -0.05) is 17.7 Å². The van der Waals surface area contributed by atoms with E-state index in [1.807, 2.05) is 6.92 Å². The van der Waals surface area contributed by atoms with Gasteiger partial charge in [0.15, 0.2) is 0 Å². The van der Waals surface area contributed by atoms with Crippen molar-refractivity contribution in [3.8, 4) is 0 Å². The molecule has 1 amide bonds. The van der Waals surface area contributed by atoms with Crippen LogP contribution in [-0.2, 0) is 16.6 Å². The Labute approximate surface area is 130 Å². The summed E-state index contributed by atoms with van der Waals surface area (Å²) >= 11 is 5.83. The van der Waals surface area contributed by atoms with Gasteiger partial charge in [-0.3, -0.25) is 9.00 Å². The zero-order valence-corrected chi connectivity index (χ0v) is 13.0. The minimum Gasteiger partial charge on any atom is -0.398 e. The molecule has 0 heterocycles. The molecule has 0 aliphatic carbocycles. The van der Waals surface area contributed by atoms with Crippen molar-refractivity contribution in [2.24, 2.45) is 5.73 Å². The van der Waals surface area contributed by atoms with Gasteiger partial charge >= 0.3 is 0 Å². The third kappa shape index (κ3) is 3.62. The van der Waals surface area contributed by atoms with E-state index in [1.165, 1.54) is 0 Å². The Bertz CT molecular complexity index is 732. The Morgan fingerprint density at radius 3 is 2.52 bits per heavy atom. The molecule has 1 unspecified atom stereocenters. The van der Waals surface area contributed by atoms with E-state index in [9.17, 15) is 9.00 Å². The highest BCUT2D eigenvalue weighted by Crippen LogP contribution is 2.24. The normalized spacial score (nSPS) is 12.1. The van der Waals surface area contributed by atoms with E-state index >= 15 is 0 Å². The minimum atomic E-state index is -1.28. The van der Waals surface area contributed by atoms with Gasteiger partial charge in [-0.05, 0) is 48.4 Å². The van der Waals surface area contributed by atoms with Crippen molar-refractivity contribution in [3.63, 3.8) is 0 Å². The van der Waals surface area contributed by atoms with Crippen LogP contribution in [-0.4, -0.2) is 10.1 Å². The van der Waals surface area contributed by atoms with Gasteiger partial charge in [0.25, 0.3) is 0 Å². The second kappa shape index (κ2) is 6.28. The molecule has 0 spiro atoms. The summed E-state index contributed by atoms with van der Waals surface area (Å²) in [5.74, 6) is -0.163. The number of nitrogens with two attached hydrogens (primary N) is 2. The van der Waals surface area contributed by atoms with Crippen LogP contribution < -0.4 is 11.5 Å². The highest BCUT2D eigenvalue weighted by Gasteiger charge is 2.12. The first-order valence-corrected chi connectivity index (χ1v) is 7.91. The number of carbonyl (C=O) groups excluding carboxylic acids is 1. The Hall–Kier alpha value is -1.85. The number of hydrogen-bond donors (Lipinski definition) is 2. The number of hydrogen-bond acceptors (Lipinski definition) is 3. The number of nitrogen functional groups attached to an aromatic ring is 1. The number of rotatable bonds is 4. The molecule has 4 N–H and O–H groups in total. The first-order chi connectivity index (χ1) is 9.88. The van der Waals surface area contributed by atoms with Gasteiger partial charge in [0.2, 0.25) is 5.91 Å². The predicted octanol–water partition coefficient (Wildman–Crippen LogP) is 2.64. The summed E-state index contributed by atoms with van der Waals surface area (Å²) in [6.07, 6.45) is 0. The number of anilines is 1. The van der Waals surface area contributed by atoms with E-state index in [0.29, 0.717) is 26.9 Å². The molecule has 0 aromatic heterocycles. The van der Waals surface area contributed by atoms with E-state index in [0.717, 1.165) is 11.1 Å². The van der Waals surface area contributed by atoms with Crippen LogP contribution in [0, 0.1) is 6.92 Å². The van der Waals surface area contributed by atoms with Gasteiger partial charge in [-0.2, -0.15) is 0 Å². The molecule has 0 aliphatic heterocycles. The van der Waals surface area contributed by atoms with Crippen molar-refractivity contribution in [1.29, 1.82) is 0 Å². The predicted molar refractivity (Wildman–Crippen MR) is 85.7 cm³/mol. The van der Waals surface area contributed by atoms with Crippen molar-refractivity contribution < 1.29 is 9.00 Å². The molecule has 0 bridgehead atoms. The Kier molecular flexibility index (Phi) is 4.65. The molecule has 110 valence electrons. The third-order valence-electron chi connectivity index (χ3n) is 3.13. The molecular weight excluding hydrogens is 308 g/mol. The van der Waals surface area contributed by atoms with E-state index in [2.05, 4.69) is 0 Å². The molecule has 2 rings (SSSR count). The maximum atomic E-state index is 12.4. The van der Waals surface area contributed by atoms with E-state index in [-0.39, 0.29) is 0 Å². The quantitative estimate of drug-likeness (QED) is 0.848. The van der Waals surface area contributed by atoms with Crippen molar-refractivity contribution in [3.05, 3.63) is 58.1 Å². The van der Waals surface area contributed by atoms with Crippen LogP contribution >= 0.6 is 11.6 Å². The van der Waals surface area contributed by atoms with Crippen molar-refractivity contribution >= 4 is 34.0 Å². The van der Waals surface area contributed by atoms with Crippen molar-refractivity contribution in [2.45, 2.75) is 17.6 Å². The second-order valence-corrected chi connectivity index (χ2v) is 6.53. The highest BCUT2D eigenvalue weighted by atomic mass is 35.5. The molecule has 21 heavy (non-hydrogen) atoms. The summed E-state index contributed by atoms with van der Waals surface area (Å²) in [7, 11) is -1.28. The largest absolute Gasteiger partial charge is 0.398 e. The Balaban J connectivity index is 2.25. The van der Waals surface area contributed by atoms with Crippen LogP contribution in [0.3, 0.4) is 0 Å². The maximum absolute atomic E-state index is 12.4. The zero-order chi connectivity index (χ0) is 15.6. The molecule has 0 saturated carbocycles. The molecule has 4 nitrogen and oxygen atoms in total. The molecule has 0 radical (unpaired) electrons. The number of carbonyl (C=O) groups is 1. The molecule has 0 fully saturated rings. The first kappa shape index (κ1) is 15.5. The summed E-state index contributed by atoms with van der Waals surface area (Å²) < 4.78 is 12.4. The topological polar surface area (TPSA) is 86.2 Å². The van der Waals surface area contributed by atoms with Gasteiger partial charge in [0.1, 0.15) is 0 Å². The summed E-state index contributed by atoms with van der Waals surface area (Å²) in [5.41, 5.74) is 13.7. The molecule has 2 aromatic carbocycles. The van der Waals surface area contributed by atoms with Crippen LogP contribution in [0.5, 0.6) is 0 Å². The lowest BCUT2D eigenvalue weighted by Gasteiger charge is -2.09. The van der Waals surface area contributed by atoms with Crippen LogP contribution in [0.25, 0.3) is 0 Å². The average Bonchev–Trinajstić information content (AvgIpc) is 2.40. The van der Waals surface area contributed by atoms with Crippen LogP contribution in [0.15, 0.2) is 41.3 Å². The van der Waals surface area contributed by atoms with Gasteiger partial charge in [0, 0.05) is 16.3 Å². The molecule has 2 aromatic rings. The molecular formula is C15H15ClN2O2S. The van der Waals surface area contributed by atoms with Crippen LogP contribution in [0.4, 0.5) is 5.69 Å². The number of halogens is 1. The summed E-state index contributed by atoms with van der Waals surface area (Å²) in [5, 5.41) is 0.509. The fourth-order valence-electron chi connectivity index (χ4n) is 1.96.